The molecule has 1 aromatic heterocycles. The molecule has 4 aromatic rings. The Bertz CT molecular complexity index is 1690. The largest absolute Gasteiger partial charge is 0.497 e. The Hall–Kier alpha value is -4.32. The third kappa shape index (κ3) is 5.56. The fraction of sp³-hybridized carbons (Fsp3) is 0.353. The predicted octanol–water partition coefficient (Wildman–Crippen LogP) is 4.33. The summed E-state index contributed by atoms with van der Waals surface area (Å²) in [6, 6.07) is 22.8. The third-order valence-corrected chi connectivity index (χ3v) is 13.8. The number of benzene rings is 3. The number of hydrogen-bond acceptors (Lipinski definition) is 7. The summed E-state index contributed by atoms with van der Waals surface area (Å²) in [5, 5.41) is 25.1. The topological polar surface area (TPSA) is 128 Å². The lowest BCUT2D eigenvalue weighted by atomic mass is 9.82. The Kier molecular flexibility index (Phi) is 8.34. The maximum absolute atomic E-state index is 14.0. The SMILES string of the molecule is COc1ccc([Si](C)(C)[C@@H]2[C@@H](CCn3cc(CCO)nn3)O[C@]3(C(=O)Nc4ccc(NC(=O)c5ccccc5)cc43)[C@H]2C)cc1. The van der Waals surface area contributed by atoms with E-state index in [0.717, 1.165) is 17.0 Å². The maximum Gasteiger partial charge on any atom is 0.261 e. The van der Waals surface area contributed by atoms with Crippen LogP contribution >= 0.6 is 0 Å². The molecule has 1 saturated heterocycles. The van der Waals surface area contributed by atoms with Crippen molar-refractivity contribution in [3.63, 3.8) is 0 Å². The smallest absolute Gasteiger partial charge is 0.261 e. The summed E-state index contributed by atoms with van der Waals surface area (Å²) in [6.07, 6.45) is 2.66. The summed E-state index contributed by atoms with van der Waals surface area (Å²) in [5.41, 5.74) is 2.15. The fourth-order valence-corrected chi connectivity index (χ4v) is 11.3. The summed E-state index contributed by atoms with van der Waals surface area (Å²) in [6.45, 7) is 7.37. The van der Waals surface area contributed by atoms with Gasteiger partial charge < -0.3 is 25.2 Å². The molecular weight excluding hydrogens is 586 g/mol. The molecule has 0 unspecified atom stereocenters. The molecular formula is C34H39N5O5Si. The molecule has 1 spiro atoms. The molecule has 1 fully saturated rings. The molecule has 11 heteroatoms. The monoisotopic (exact) mass is 625 g/mol. The normalized spacial score (nSPS) is 22.3. The zero-order valence-corrected chi connectivity index (χ0v) is 27.0. The number of aromatic nitrogens is 3. The van der Waals surface area contributed by atoms with Gasteiger partial charge in [-0.2, -0.15) is 0 Å². The number of aliphatic hydroxyl groups excluding tert-OH is 1. The van der Waals surface area contributed by atoms with Crippen molar-refractivity contribution in [1.82, 2.24) is 15.0 Å². The first kappa shape index (κ1) is 30.7. The van der Waals surface area contributed by atoms with Crippen molar-refractivity contribution in [3.05, 3.63) is 95.8 Å². The molecule has 0 radical (unpaired) electrons. The second kappa shape index (κ2) is 12.2. The number of aliphatic hydroxyl groups is 1. The van der Waals surface area contributed by atoms with E-state index in [0.29, 0.717) is 36.3 Å². The highest BCUT2D eigenvalue weighted by molar-refractivity contribution is 6.91. The molecule has 234 valence electrons. The number of methoxy groups -OCH3 is 1. The summed E-state index contributed by atoms with van der Waals surface area (Å²) in [4.78, 5) is 27.0. The van der Waals surface area contributed by atoms with Gasteiger partial charge in [0.25, 0.3) is 11.8 Å². The first-order chi connectivity index (χ1) is 21.7. The van der Waals surface area contributed by atoms with Gasteiger partial charge in [0.05, 0.1) is 27.0 Å². The molecule has 3 aromatic carbocycles. The van der Waals surface area contributed by atoms with E-state index < -0.39 is 13.7 Å². The Morgan fingerprint density at radius 2 is 1.89 bits per heavy atom. The van der Waals surface area contributed by atoms with Gasteiger partial charge in [0.15, 0.2) is 5.60 Å². The van der Waals surface area contributed by atoms with Gasteiger partial charge in [-0.1, -0.05) is 60.7 Å². The van der Waals surface area contributed by atoms with Gasteiger partial charge >= 0.3 is 0 Å². The van der Waals surface area contributed by atoms with Crippen LogP contribution in [0.1, 0.15) is 35.0 Å². The van der Waals surface area contributed by atoms with Gasteiger partial charge in [0, 0.05) is 54.2 Å². The number of amides is 2. The summed E-state index contributed by atoms with van der Waals surface area (Å²) < 4.78 is 14.2. The van der Waals surface area contributed by atoms with E-state index in [1.807, 2.05) is 48.7 Å². The van der Waals surface area contributed by atoms with Crippen LogP contribution in [-0.4, -0.2) is 59.8 Å². The van der Waals surface area contributed by atoms with E-state index in [-0.39, 0.29) is 36.0 Å². The minimum Gasteiger partial charge on any atom is -0.497 e. The van der Waals surface area contributed by atoms with Crippen LogP contribution in [0.3, 0.4) is 0 Å². The highest BCUT2D eigenvalue weighted by Gasteiger charge is 2.64. The summed E-state index contributed by atoms with van der Waals surface area (Å²) in [7, 11) is -0.631. The lowest BCUT2D eigenvalue weighted by Crippen LogP contribution is -2.51. The molecule has 10 nitrogen and oxygen atoms in total. The molecule has 2 aliphatic heterocycles. The Labute approximate surface area is 263 Å². The van der Waals surface area contributed by atoms with Crippen molar-refractivity contribution in [3.8, 4) is 5.75 Å². The minimum absolute atomic E-state index is 0.0104. The van der Waals surface area contributed by atoms with Crippen LogP contribution in [0.5, 0.6) is 5.75 Å². The van der Waals surface area contributed by atoms with Crippen molar-refractivity contribution in [1.29, 1.82) is 0 Å². The quantitative estimate of drug-likeness (QED) is 0.224. The second-order valence-corrected chi connectivity index (χ2v) is 17.1. The Morgan fingerprint density at radius 3 is 2.60 bits per heavy atom. The summed E-state index contributed by atoms with van der Waals surface area (Å²) >= 11 is 0. The highest BCUT2D eigenvalue weighted by Crippen LogP contribution is 2.58. The maximum atomic E-state index is 14.0. The standard InChI is InChI=1S/C34H39N5O5Si/c1-22-31(45(3,4)27-13-11-26(43-2)12-14-27)30(16-18-39-21-25(17-19-40)37-38-39)44-34(22)28-20-24(10-15-29(28)36-33(34)42)35-32(41)23-8-6-5-7-9-23/h5-15,20-22,30-31,40H,16-19H2,1-4H3,(H,35,41)(H,36,42)/t22-,30+,31-,34+/m0/s1. The van der Waals surface area contributed by atoms with E-state index in [9.17, 15) is 14.7 Å². The van der Waals surface area contributed by atoms with Crippen LogP contribution in [0.15, 0.2) is 79.0 Å². The van der Waals surface area contributed by atoms with Crippen LogP contribution in [-0.2, 0) is 28.1 Å². The van der Waals surface area contributed by atoms with Crippen LogP contribution in [0.4, 0.5) is 11.4 Å². The molecule has 45 heavy (non-hydrogen) atoms. The molecule has 0 aliphatic carbocycles. The number of hydrogen-bond donors (Lipinski definition) is 3. The number of nitrogens with one attached hydrogen (secondary N) is 2. The Morgan fingerprint density at radius 1 is 1.13 bits per heavy atom. The Balaban J connectivity index is 1.36. The molecule has 3 heterocycles. The van der Waals surface area contributed by atoms with Gasteiger partial charge in [-0.05, 0) is 54.4 Å². The van der Waals surface area contributed by atoms with Crippen molar-refractivity contribution >= 4 is 36.4 Å². The van der Waals surface area contributed by atoms with Gasteiger partial charge in [0.1, 0.15) is 5.75 Å². The number of rotatable bonds is 10. The molecule has 2 amide bonds. The lowest BCUT2D eigenvalue weighted by molar-refractivity contribution is -0.143. The molecule has 0 bridgehead atoms. The number of fused-ring (bicyclic) bond motifs is 2. The van der Waals surface area contributed by atoms with Crippen LogP contribution in [0.25, 0.3) is 0 Å². The predicted molar refractivity (Wildman–Crippen MR) is 174 cm³/mol. The number of aryl methyl sites for hydroxylation is 1. The first-order valence-electron chi connectivity index (χ1n) is 15.3. The van der Waals surface area contributed by atoms with Crippen molar-refractivity contribution in [2.75, 3.05) is 24.4 Å². The molecule has 3 N–H and O–H groups in total. The number of nitrogens with zero attached hydrogens (tertiary/aromatic N) is 3. The van der Waals surface area contributed by atoms with Crippen LogP contribution < -0.4 is 20.6 Å². The number of ether oxygens (including phenoxy) is 2. The van der Waals surface area contributed by atoms with E-state index in [4.69, 9.17) is 9.47 Å². The van der Waals surface area contributed by atoms with Crippen LogP contribution in [0, 0.1) is 5.92 Å². The van der Waals surface area contributed by atoms with Crippen molar-refractivity contribution < 1.29 is 24.2 Å². The van der Waals surface area contributed by atoms with Crippen molar-refractivity contribution in [2.24, 2.45) is 5.92 Å². The van der Waals surface area contributed by atoms with E-state index >= 15 is 0 Å². The fourth-order valence-electron chi connectivity index (χ4n) is 7.21. The van der Waals surface area contributed by atoms with E-state index in [2.05, 4.69) is 53.1 Å². The molecule has 4 atom stereocenters. The first-order valence-corrected chi connectivity index (χ1v) is 18.4. The zero-order chi connectivity index (χ0) is 31.8. The van der Waals surface area contributed by atoms with E-state index in [1.54, 1.807) is 30.0 Å². The minimum atomic E-state index is -2.29. The average Bonchev–Trinajstić information content (AvgIpc) is 3.71. The van der Waals surface area contributed by atoms with Gasteiger partial charge in [-0.25, -0.2) is 0 Å². The van der Waals surface area contributed by atoms with Gasteiger partial charge in [0.2, 0.25) is 0 Å². The molecule has 2 aliphatic rings. The van der Waals surface area contributed by atoms with Gasteiger partial charge in [-0.3, -0.25) is 14.3 Å². The lowest BCUT2D eigenvalue weighted by Gasteiger charge is -2.37. The van der Waals surface area contributed by atoms with Crippen LogP contribution in [0.2, 0.25) is 18.6 Å². The van der Waals surface area contributed by atoms with Gasteiger partial charge in [-0.15, -0.1) is 5.10 Å². The average molecular weight is 626 g/mol. The number of anilines is 2. The number of carbonyl (C=O) groups excluding carboxylic acids is 2. The van der Waals surface area contributed by atoms with Crippen molar-refractivity contribution in [2.45, 2.75) is 56.7 Å². The highest BCUT2D eigenvalue weighted by atomic mass is 28.3. The summed E-state index contributed by atoms with van der Waals surface area (Å²) in [5.74, 6) is 0.216. The second-order valence-electron chi connectivity index (χ2n) is 12.4. The molecule has 6 rings (SSSR count). The third-order valence-electron chi connectivity index (χ3n) is 9.48. The van der Waals surface area contributed by atoms with E-state index in [1.165, 1.54) is 5.19 Å². The number of carbonyl (C=O) groups is 2. The zero-order valence-electron chi connectivity index (χ0n) is 26.0. The molecule has 0 saturated carbocycles.